The summed E-state index contributed by atoms with van der Waals surface area (Å²) in [5.74, 6) is -4.29. The second-order valence-electron chi connectivity index (χ2n) is 9.01. The van der Waals surface area contributed by atoms with Gasteiger partial charge in [-0.2, -0.15) is 0 Å². The molecule has 0 radical (unpaired) electrons. The van der Waals surface area contributed by atoms with Crippen molar-refractivity contribution in [1.29, 1.82) is 0 Å². The molecule has 37 heavy (non-hydrogen) atoms. The molecule has 4 rings (SSSR count). The molecular formula is C26H27F3N4O4. The fraction of sp³-hybridized carbons (Fsp3) is 0.385. The van der Waals surface area contributed by atoms with Crippen LogP contribution >= 0.6 is 0 Å². The Kier molecular flexibility index (Phi) is 8.10. The summed E-state index contributed by atoms with van der Waals surface area (Å²) in [6.07, 6.45) is 3.84. The minimum absolute atomic E-state index is 0.102. The van der Waals surface area contributed by atoms with E-state index in [4.69, 9.17) is 9.15 Å². The molecule has 0 saturated heterocycles. The van der Waals surface area contributed by atoms with E-state index in [2.05, 4.69) is 20.8 Å². The monoisotopic (exact) mass is 516 g/mol. The molecule has 0 bridgehead atoms. The number of esters is 1. The van der Waals surface area contributed by atoms with Crippen LogP contribution in [0.25, 0.3) is 0 Å². The van der Waals surface area contributed by atoms with Gasteiger partial charge in [0.2, 0.25) is 0 Å². The van der Waals surface area contributed by atoms with Crippen LogP contribution in [-0.4, -0.2) is 28.7 Å². The summed E-state index contributed by atoms with van der Waals surface area (Å²) in [6.45, 7) is 4.14. The largest absolute Gasteiger partial charge is 0.466 e. The van der Waals surface area contributed by atoms with Gasteiger partial charge < -0.3 is 19.8 Å². The van der Waals surface area contributed by atoms with E-state index in [1.165, 1.54) is 0 Å². The van der Waals surface area contributed by atoms with Crippen LogP contribution in [0.3, 0.4) is 0 Å². The molecule has 1 heterocycles. The van der Waals surface area contributed by atoms with Crippen LogP contribution in [0, 0.1) is 29.3 Å². The van der Waals surface area contributed by atoms with Crippen LogP contribution in [0.2, 0.25) is 0 Å². The Labute approximate surface area is 211 Å². The summed E-state index contributed by atoms with van der Waals surface area (Å²) in [7, 11) is 0. The Morgan fingerprint density at radius 1 is 1.03 bits per heavy atom. The van der Waals surface area contributed by atoms with Gasteiger partial charge in [-0.3, -0.25) is 9.59 Å². The highest BCUT2D eigenvalue weighted by atomic mass is 19.2. The summed E-state index contributed by atoms with van der Waals surface area (Å²) in [5, 5.41) is 12.1. The van der Waals surface area contributed by atoms with E-state index in [0.29, 0.717) is 36.3 Å². The Bertz CT molecular complexity index is 1260. The molecule has 1 atom stereocenters. The van der Waals surface area contributed by atoms with E-state index in [-0.39, 0.29) is 17.9 Å². The second-order valence-corrected chi connectivity index (χ2v) is 9.01. The molecule has 0 spiro atoms. The van der Waals surface area contributed by atoms with E-state index >= 15 is 0 Å². The molecule has 2 aromatic carbocycles. The lowest BCUT2D eigenvalue weighted by molar-refractivity contribution is -0.149. The number of hydrogen-bond donors (Lipinski definition) is 2. The van der Waals surface area contributed by atoms with Gasteiger partial charge in [0.15, 0.2) is 11.6 Å². The predicted octanol–water partition coefficient (Wildman–Crippen LogP) is 5.96. The molecule has 1 amide bonds. The number of hydrogen-bond acceptors (Lipinski definition) is 7. The van der Waals surface area contributed by atoms with Crippen molar-refractivity contribution < 1.29 is 31.9 Å². The van der Waals surface area contributed by atoms with Crippen LogP contribution in [0.5, 0.6) is 0 Å². The molecular weight excluding hydrogens is 489 g/mol. The number of carbonyl (C=O) groups is 2. The number of benzene rings is 2. The molecule has 196 valence electrons. The van der Waals surface area contributed by atoms with Gasteiger partial charge in [-0.05, 0) is 62.1 Å². The highest BCUT2D eigenvalue weighted by molar-refractivity contribution is 6.00. The first kappa shape index (κ1) is 26.2. The van der Waals surface area contributed by atoms with Gasteiger partial charge in [0.25, 0.3) is 0 Å². The molecule has 0 aliphatic heterocycles. The number of ether oxygens (including phenoxy) is 1. The lowest BCUT2D eigenvalue weighted by Gasteiger charge is -2.31. The van der Waals surface area contributed by atoms with Crippen molar-refractivity contribution in [2.75, 3.05) is 17.2 Å². The number of rotatable bonds is 8. The minimum atomic E-state index is -1.34. The Morgan fingerprint density at radius 3 is 2.38 bits per heavy atom. The van der Waals surface area contributed by atoms with Crippen molar-refractivity contribution in [2.45, 2.75) is 45.4 Å². The summed E-state index contributed by atoms with van der Waals surface area (Å²) in [5.41, 5.74) is 1.24. The maximum Gasteiger partial charge on any atom is 0.320 e. The van der Waals surface area contributed by atoms with E-state index in [1.54, 1.807) is 12.1 Å². The third-order valence-corrected chi connectivity index (χ3v) is 6.65. The molecule has 11 heteroatoms. The van der Waals surface area contributed by atoms with Crippen LogP contribution in [0.15, 0.2) is 40.8 Å². The van der Waals surface area contributed by atoms with Gasteiger partial charge in [0, 0.05) is 17.8 Å². The third-order valence-electron chi connectivity index (χ3n) is 6.65. The zero-order chi connectivity index (χ0) is 26.5. The number of aromatic nitrogens is 2. The molecule has 2 N–H and O–H groups in total. The molecule has 1 unspecified atom stereocenters. The van der Waals surface area contributed by atoms with Crippen molar-refractivity contribution in [3.63, 3.8) is 0 Å². The van der Waals surface area contributed by atoms with Crippen molar-refractivity contribution >= 4 is 29.3 Å². The summed E-state index contributed by atoms with van der Waals surface area (Å²) in [6, 6.07) is 8.05. The van der Waals surface area contributed by atoms with Crippen molar-refractivity contribution in [2.24, 2.45) is 11.8 Å². The van der Waals surface area contributed by atoms with E-state index in [1.807, 2.05) is 26.0 Å². The number of carbonyl (C=O) groups excluding carboxylic acids is 2. The quantitative estimate of drug-likeness (QED) is 0.281. The van der Waals surface area contributed by atoms with Crippen LogP contribution < -0.4 is 10.6 Å². The van der Waals surface area contributed by atoms with Gasteiger partial charge in [0.1, 0.15) is 5.82 Å². The maximum absolute atomic E-state index is 13.8. The SMILES string of the molecule is CCOC(=O)C(C)C1CCC(c2ccc(NC(=O)c3nnc(Nc4cc(F)c(F)cc4F)o3)cc2)CC1. The average molecular weight is 517 g/mol. The highest BCUT2D eigenvalue weighted by Gasteiger charge is 2.30. The van der Waals surface area contributed by atoms with Crippen LogP contribution in [0.1, 0.15) is 61.7 Å². The lowest BCUT2D eigenvalue weighted by Crippen LogP contribution is -2.26. The summed E-state index contributed by atoms with van der Waals surface area (Å²) < 4.78 is 50.6. The molecule has 1 fully saturated rings. The van der Waals surface area contributed by atoms with Crippen LogP contribution in [0.4, 0.5) is 30.6 Å². The standard InChI is InChI=1S/C26H27F3N4O4/c1-3-36-25(35)14(2)15-4-6-16(7-5-15)17-8-10-18(11-9-17)30-23(34)24-32-33-26(37-24)31-22-13-20(28)19(27)12-21(22)29/h8-16H,3-7H2,1-2H3,(H,30,34)(H,31,33). The van der Waals surface area contributed by atoms with Gasteiger partial charge in [-0.15, -0.1) is 5.10 Å². The number of amides is 1. The molecule has 1 saturated carbocycles. The van der Waals surface area contributed by atoms with Gasteiger partial charge in [0.05, 0.1) is 18.2 Å². The zero-order valence-electron chi connectivity index (χ0n) is 20.4. The van der Waals surface area contributed by atoms with Crippen LogP contribution in [-0.2, 0) is 9.53 Å². The van der Waals surface area contributed by atoms with Crippen molar-refractivity contribution in [3.8, 4) is 0 Å². The minimum Gasteiger partial charge on any atom is -0.466 e. The Balaban J connectivity index is 1.31. The summed E-state index contributed by atoms with van der Waals surface area (Å²) >= 11 is 0. The van der Waals surface area contributed by atoms with Crippen molar-refractivity contribution in [1.82, 2.24) is 10.2 Å². The van der Waals surface area contributed by atoms with Gasteiger partial charge >= 0.3 is 23.8 Å². The van der Waals surface area contributed by atoms with E-state index in [0.717, 1.165) is 31.2 Å². The number of halogens is 3. The fourth-order valence-electron chi connectivity index (χ4n) is 4.54. The lowest BCUT2D eigenvalue weighted by atomic mass is 9.74. The van der Waals surface area contributed by atoms with Gasteiger partial charge in [-0.1, -0.05) is 24.2 Å². The first-order valence-corrected chi connectivity index (χ1v) is 12.1. The fourth-order valence-corrected chi connectivity index (χ4v) is 4.54. The molecule has 1 aliphatic rings. The normalized spacial score (nSPS) is 18.2. The first-order valence-electron chi connectivity index (χ1n) is 12.1. The molecule has 1 aromatic heterocycles. The van der Waals surface area contributed by atoms with Crippen molar-refractivity contribution in [3.05, 3.63) is 65.3 Å². The third kappa shape index (κ3) is 6.28. The average Bonchev–Trinajstić information content (AvgIpc) is 3.36. The zero-order valence-corrected chi connectivity index (χ0v) is 20.4. The summed E-state index contributed by atoms with van der Waals surface area (Å²) in [4.78, 5) is 24.5. The van der Waals surface area contributed by atoms with E-state index < -0.39 is 34.9 Å². The Morgan fingerprint density at radius 2 is 1.70 bits per heavy atom. The Hall–Kier alpha value is -3.89. The molecule has 1 aliphatic carbocycles. The topological polar surface area (TPSA) is 106 Å². The van der Waals surface area contributed by atoms with Gasteiger partial charge in [-0.25, -0.2) is 13.2 Å². The second kappa shape index (κ2) is 11.4. The molecule has 3 aromatic rings. The number of nitrogens with one attached hydrogen (secondary N) is 2. The highest BCUT2D eigenvalue weighted by Crippen LogP contribution is 2.39. The molecule has 8 nitrogen and oxygen atoms in total. The first-order chi connectivity index (χ1) is 17.7. The number of nitrogens with zero attached hydrogens (tertiary/aromatic N) is 2. The predicted molar refractivity (Wildman–Crippen MR) is 129 cm³/mol. The maximum atomic E-state index is 13.8. The van der Waals surface area contributed by atoms with E-state index in [9.17, 15) is 22.8 Å². The smallest absolute Gasteiger partial charge is 0.320 e. The number of anilines is 3.